The van der Waals surface area contributed by atoms with Gasteiger partial charge in [-0.2, -0.15) is 0 Å². The van der Waals surface area contributed by atoms with Crippen molar-refractivity contribution >= 4 is 5.91 Å². The van der Waals surface area contributed by atoms with Gasteiger partial charge >= 0.3 is 0 Å². The van der Waals surface area contributed by atoms with Crippen LogP contribution in [-0.4, -0.2) is 62.4 Å². The summed E-state index contributed by atoms with van der Waals surface area (Å²) in [6.07, 6.45) is 6.17. The Morgan fingerprint density at radius 2 is 1.95 bits per heavy atom. The maximum absolute atomic E-state index is 12.6. The van der Waals surface area contributed by atoms with Gasteiger partial charge in [-0.3, -0.25) is 4.79 Å². The van der Waals surface area contributed by atoms with Gasteiger partial charge < -0.3 is 19.7 Å². The molecule has 5 nitrogen and oxygen atoms in total. The van der Waals surface area contributed by atoms with E-state index in [1.54, 1.807) is 7.11 Å². The van der Waals surface area contributed by atoms with Crippen molar-refractivity contribution in [1.82, 2.24) is 10.2 Å². The highest BCUT2D eigenvalue weighted by Gasteiger charge is 2.45. The molecule has 21 heavy (non-hydrogen) atoms. The highest BCUT2D eigenvalue weighted by Crippen LogP contribution is 2.37. The van der Waals surface area contributed by atoms with Gasteiger partial charge in [-0.1, -0.05) is 0 Å². The van der Waals surface area contributed by atoms with Crippen molar-refractivity contribution in [2.24, 2.45) is 5.92 Å². The van der Waals surface area contributed by atoms with Gasteiger partial charge in [0.2, 0.25) is 5.91 Å². The molecular formula is C16H28N2O3. The predicted octanol–water partition coefficient (Wildman–Crippen LogP) is 1.17. The maximum Gasteiger partial charge on any atom is 0.225 e. The number of likely N-dealkylation sites (tertiary alicyclic amines) is 1. The second kappa shape index (κ2) is 6.63. The quantitative estimate of drug-likeness (QED) is 0.831. The van der Waals surface area contributed by atoms with Crippen LogP contribution < -0.4 is 5.32 Å². The topological polar surface area (TPSA) is 50.8 Å². The average Bonchev–Trinajstić information content (AvgIpc) is 2.56. The van der Waals surface area contributed by atoms with E-state index in [0.717, 1.165) is 71.3 Å². The van der Waals surface area contributed by atoms with Crippen molar-refractivity contribution in [2.45, 2.75) is 50.2 Å². The highest BCUT2D eigenvalue weighted by molar-refractivity contribution is 5.79. The molecule has 3 saturated heterocycles. The van der Waals surface area contributed by atoms with Crippen LogP contribution in [0.2, 0.25) is 0 Å². The first kappa shape index (κ1) is 15.3. The minimum absolute atomic E-state index is 0.141. The van der Waals surface area contributed by atoms with Crippen LogP contribution in [0.3, 0.4) is 0 Å². The fraction of sp³-hybridized carbons (Fsp3) is 0.938. The predicted molar refractivity (Wildman–Crippen MR) is 80.1 cm³/mol. The van der Waals surface area contributed by atoms with E-state index in [1.807, 2.05) is 0 Å². The van der Waals surface area contributed by atoms with E-state index in [2.05, 4.69) is 10.2 Å². The molecule has 0 saturated carbocycles. The Labute approximate surface area is 127 Å². The molecular weight excluding hydrogens is 268 g/mol. The number of nitrogens with zero attached hydrogens (tertiary/aromatic N) is 1. The third kappa shape index (κ3) is 3.10. The molecule has 0 aromatic heterocycles. The lowest BCUT2D eigenvalue weighted by atomic mass is 9.81. The molecule has 0 aromatic rings. The monoisotopic (exact) mass is 296 g/mol. The number of piperidine rings is 2. The number of rotatable bonds is 2. The summed E-state index contributed by atoms with van der Waals surface area (Å²) in [5.41, 5.74) is -0.141. The van der Waals surface area contributed by atoms with Crippen LogP contribution in [0.1, 0.15) is 38.5 Å². The third-order valence-electron chi connectivity index (χ3n) is 5.48. The molecule has 0 aliphatic carbocycles. The van der Waals surface area contributed by atoms with Crippen molar-refractivity contribution in [1.29, 1.82) is 0 Å². The van der Waals surface area contributed by atoms with Crippen LogP contribution in [0.25, 0.3) is 0 Å². The lowest BCUT2D eigenvalue weighted by Crippen LogP contribution is -2.57. The zero-order valence-corrected chi connectivity index (χ0v) is 13.1. The Kier molecular flexibility index (Phi) is 4.82. The molecule has 1 atom stereocenters. The molecule has 0 bridgehead atoms. The molecule has 0 aromatic carbocycles. The molecule has 0 unspecified atom stereocenters. The van der Waals surface area contributed by atoms with Crippen LogP contribution in [0.4, 0.5) is 0 Å². The molecule has 3 aliphatic heterocycles. The Bertz CT molecular complexity index is 361. The van der Waals surface area contributed by atoms with Crippen LogP contribution in [0.5, 0.6) is 0 Å². The van der Waals surface area contributed by atoms with E-state index < -0.39 is 0 Å². The normalized spacial score (nSPS) is 30.5. The molecule has 5 heteroatoms. The lowest BCUT2D eigenvalue weighted by Gasteiger charge is -2.48. The molecule has 3 fully saturated rings. The van der Waals surface area contributed by atoms with Gasteiger partial charge in [0.15, 0.2) is 0 Å². The van der Waals surface area contributed by atoms with Crippen LogP contribution in [0, 0.1) is 5.92 Å². The number of carbonyl (C=O) groups excluding carboxylic acids is 1. The fourth-order valence-electron chi connectivity index (χ4n) is 4.13. The Morgan fingerprint density at radius 1 is 1.24 bits per heavy atom. The first-order valence-corrected chi connectivity index (χ1v) is 8.41. The van der Waals surface area contributed by atoms with Crippen molar-refractivity contribution in [2.75, 3.05) is 39.9 Å². The molecule has 3 aliphatic rings. The van der Waals surface area contributed by atoms with Gasteiger partial charge in [0.1, 0.15) is 0 Å². The van der Waals surface area contributed by atoms with Gasteiger partial charge in [-0.25, -0.2) is 0 Å². The van der Waals surface area contributed by atoms with Crippen LogP contribution >= 0.6 is 0 Å². The molecule has 0 radical (unpaired) electrons. The van der Waals surface area contributed by atoms with Crippen molar-refractivity contribution in [3.63, 3.8) is 0 Å². The van der Waals surface area contributed by atoms with Gasteiger partial charge in [-0.15, -0.1) is 0 Å². The number of amides is 1. The van der Waals surface area contributed by atoms with E-state index in [0.29, 0.717) is 5.91 Å². The summed E-state index contributed by atoms with van der Waals surface area (Å²) in [5.74, 6) is 0.585. The molecule has 3 heterocycles. The van der Waals surface area contributed by atoms with Gasteiger partial charge in [0.05, 0.1) is 11.7 Å². The zero-order valence-electron chi connectivity index (χ0n) is 13.1. The Hall–Kier alpha value is -0.650. The van der Waals surface area contributed by atoms with E-state index >= 15 is 0 Å². The Balaban J connectivity index is 1.57. The van der Waals surface area contributed by atoms with Crippen molar-refractivity contribution in [3.8, 4) is 0 Å². The minimum atomic E-state index is -0.141. The first-order valence-electron chi connectivity index (χ1n) is 8.41. The summed E-state index contributed by atoms with van der Waals surface area (Å²) >= 11 is 0. The number of ether oxygens (including phenoxy) is 2. The van der Waals surface area contributed by atoms with Crippen molar-refractivity contribution in [3.05, 3.63) is 0 Å². The Morgan fingerprint density at radius 3 is 2.62 bits per heavy atom. The summed E-state index contributed by atoms with van der Waals surface area (Å²) in [6, 6.07) is 0. The second-order valence-electron chi connectivity index (χ2n) is 6.63. The highest BCUT2D eigenvalue weighted by atomic mass is 16.5. The SMILES string of the molecule is CO[C@@H]1CCCOC12CCN(C(=O)C1CCNCC1)CC2. The molecule has 1 spiro atoms. The number of carbonyl (C=O) groups is 1. The van der Waals surface area contributed by atoms with Crippen LogP contribution in [0.15, 0.2) is 0 Å². The van der Waals surface area contributed by atoms with Gasteiger partial charge in [0, 0.05) is 32.7 Å². The summed E-state index contributed by atoms with van der Waals surface area (Å²) in [5, 5.41) is 3.33. The standard InChI is InChI=1S/C16H28N2O3/c1-20-14-3-2-12-21-16(14)6-10-18(11-7-16)15(19)13-4-8-17-9-5-13/h13-14,17H,2-12H2,1H3/t14-/m1/s1. The number of hydrogen-bond donors (Lipinski definition) is 1. The lowest BCUT2D eigenvalue weighted by molar-refractivity contribution is -0.189. The summed E-state index contributed by atoms with van der Waals surface area (Å²) in [4.78, 5) is 14.7. The van der Waals surface area contributed by atoms with E-state index in [4.69, 9.17) is 9.47 Å². The van der Waals surface area contributed by atoms with E-state index in [-0.39, 0.29) is 17.6 Å². The second-order valence-corrected chi connectivity index (χ2v) is 6.63. The fourth-order valence-corrected chi connectivity index (χ4v) is 4.13. The average molecular weight is 296 g/mol. The number of nitrogens with one attached hydrogen (secondary N) is 1. The van der Waals surface area contributed by atoms with Gasteiger partial charge in [0.25, 0.3) is 0 Å². The molecule has 120 valence electrons. The smallest absolute Gasteiger partial charge is 0.225 e. The van der Waals surface area contributed by atoms with E-state index in [1.165, 1.54) is 0 Å². The zero-order chi connectivity index (χ0) is 14.7. The first-order chi connectivity index (χ1) is 10.2. The van der Waals surface area contributed by atoms with Gasteiger partial charge in [-0.05, 0) is 51.6 Å². The summed E-state index contributed by atoms with van der Waals surface area (Å²) < 4.78 is 11.8. The third-order valence-corrected chi connectivity index (χ3v) is 5.48. The summed E-state index contributed by atoms with van der Waals surface area (Å²) in [6.45, 7) is 4.43. The number of methoxy groups -OCH3 is 1. The molecule has 1 N–H and O–H groups in total. The van der Waals surface area contributed by atoms with Crippen molar-refractivity contribution < 1.29 is 14.3 Å². The molecule has 3 rings (SSSR count). The summed E-state index contributed by atoms with van der Waals surface area (Å²) in [7, 11) is 1.79. The largest absolute Gasteiger partial charge is 0.378 e. The number of hydrogen-bond acceptors (Lipinski definition) is 4. The van der Waals surface area contributed by atoms with Crippen LogP contribution in [-0.2, 0) is 14.3 Å². The molecule has 1 amide bonds. The minimum Gasteiger partial charge on any atom is -0.378 e. The maximum atomic E-state index is 12.6. The van der Waals surface area contributed by atoms with E-state index in [9.17, 15) is 4.79 Å².